The lowest BCUT2D eigenvalue weighted by atomic mass is 10.1. The molecule has 1 heterocycles. The second-order valence-corrected chi connectivity index (χ2v) is 5.56. The number of amides is 2. The molecule has 0 aliphatic rings. The standard InChI is InChI=1S/C15H16BrN3O3/c1-9-3-4-11(10(2)7-9)17-8-14(20)18-19-15(21)12-5-6-13(16)22-12/h3-7,17H,8H2,1-2H3,(H,18,20)(H,19,21). The molecular formula is C15H16BrN3O3. The molecule has 0 unspecified atom stereocenters. The molecule has 0 atom stereocenters. The topological polar surface area (TPSA) is 83.4 Å². The van der Waals surface area contributed by atoms with Gasteiger partial charge in [0.05, 0.1) is 6.54 Å². The van der Waals surface area contributed by atoms with Gasteiger partial charge in [-0.05, 0) is 53.5 Å². The molecule has 2 aromatic rings. The summed E-state index contributed by atoms with van der Waals surface area (Å²) in [6.07, 6.45) is 0. The van der Waals surface area contributed by atoms with E-state index >= 15 is 0 Å². The van der Waals surface area contributed by atoms with Crippen molar-refractivity contribution >= 4 is 33.4 Å². The van der Waals surface area contributed by atoms with Gasteiger partial charge in [0.15, 0.2) is 10.4 Å². The molecule has 22 heavy (non-hydrogen) atoms. The maximum atomic E-state index is 11.7. The van der Waals surface area contributed by atoms with Crippen LogP contribution >= 0.6 is 15.9 Å². The highest BCUT2D eigenvalue weighted by atomic mass is 79.9. The molecule has 0 bridgehead atoms. The van der Waals surface area contributed by atoms with E-state index in [0.29, 0.717) is 4.67 Å². The zero-order valence-corrected chi connectivity index (χ0v) is 13.8. The van der Waals surface area contributed by atoms with Crippen LogP contribution in [0.3, 0.4) is 0 Å². The number of aryl methyl sites for hydroxylation is 2. The van der Waals surface area contributed by atoms with E-state index in [2.05, 4.69) is 32.1 Å². The Kier molecular flexibility index (Phi) is 5.21. The first-order valence-electron chi connectivity index (χ1n) is 6.61. The minimum Gasteiger partial charge on any atom is -0.444 e. The average molecular weight is 366 g/mol. The maximum absolute atomic E-state index is 11.7. The van der Waals surface area contributed by atoms with Gasteiger partial charge >= 0.3 is 5.91 Å². The number of rotatable bonds is 4. The first kappa shape index (κ1) is 16.1. The van der Waals surface area contributed by atoms with Gasteiger partial charge in [-0.25, -0.2) is 0 Å². The van der Waals surface area contributed by atoms with Crippen molar-refractivity contribution in [3.05, 3.63) is 51.9 Å². The fraction of sp³-hybridized carbons (Fsp3) is 0.200. The third-order valence-electron chi connectivity index (χ3n) is 2.93. The van der Waals surface area contributed by atoms with Gasteiger partial charge in [0, 0.05) is 5.69 Å². The lowest BCUT2D eigenvalue weighted by Crippen LogP contribution is -2.44. The average Bonchev–Trinajstić information content (AvgIpc) is 2.90. The molecule has 0 saturated heterocycles. The number of carbonyl (C=O) groups is 2. The molecule has 0 saturated carbocycles. The Hall–Kier alpha value is -2.28. The Balaban J connectivity index is 1.79. The summed E-state index contributed by atoms with van der Waals surface area (Å²) in [6, 6.07) is 9.00. The highest BCUT2D eigenvalue weighted by Crippen LogP contribution is 2.15. The number of furan rings is 1. The van der Waals surface area contributed by atoms with Crippen molar-refractivity contribution in [2.24, 2.45) is 0 Å². The van der Waals surface area contributed by atoms with Crippen LogP contribution in [-0.4, -0.2) is 18.4 Å². The van der Waals surface area contributed by atoms with Gasteiger partial charge in [-0.15, -0.1) is 0 Å². The molecule has 0 radical (unpaired) electrons. The van der Waals surface area contributed by atoms with E-state index < -0.39 is 5.91 Å². The fourth-order valence-electron chi connectivity index (χ4n) is 1.86. The summed E-state index contributed by atoms with van der Waals surface area (Å²) in [6.45, 7) is 4.02. The van der Waals surface area contributed by atoms with Crippen molar-refractivity contribution in [3.63, 3.8) is 0 Å². The summed E-state index contributed by atoms with van der Waals surface area (Å²) >= 11 is 3.10. The lowest BCUT2D eigenvalue weighted by Gasteiger charge is -2.10. The number of hydrogen-bond donors (Lipinski definition) is 3. The highest BCUT2D eigenvalue weighted by Gasteiger charge is 2.11. The molecule has 7 heteroatoms. The van der Waals surface area contributed by atoms with Crippen LogP contribution in [0.1, 0.15) is 21.7 Å². The Bertz CT molecular complexity index is 697. The number of halogens is 1. The van der Waals surface area contributed by atoms with Gasteiger partial charge in [-0.3, -0.25) is 20.4 Å². The Morgan fingerprint density at radius 1 is 1.14 bits per heavy atom. The number of benzene rings is 1. The van der Waals surface area contributed by atoms with Crippen LogP contribution in [0, 0.1) is 13.8 Å². The molecule has 0 spiro atoms. The van der Waals surface area contributed by atoms with Crippen LogP contribution in [0.25, 0.3) is 0 Å². The van der Waals surface area contributed by atoms with Crippen molar-refractivity contribution in [2.75, 3.05) is 11.9 Å². The van der Waals surface area contributed by atoms with Crippen LogP contribution in [0.4, 0.5) is 5.69 Å². The number of nitrogens with one attached hydrogen (secondary N) is 3. The van der Waals surface area contributed by atoms with Crippen molar-refractivity contribution in [1.82, 2.24) is 10.9 Å². The van der Waals surface area contributed by atoms with Gasteiger partial charge in [-0.1, -0.05) is 17.7 Å². The predicted octanol–water partition coefficient (Wildman–Crippen LogP) is 2.53. The summed E-state index contributed by atoms with van der Waals surface area (Å²) in [5, 5.41) is 3.01. The SMILES string of the molecule is Cc1ccc(NCC(=O)NNC(=O)c2ccc(Br)o2)c(C)c1. The monoisotopic (exact) mass is 365 g/mol. The second kappa shape index (κ2) is 7.13. The van der Waals surface area contributed by atoms with Crippen molar-refractivity contribution in [2.45, 2.75) is 13.8 Å². The number of hydrazine groups is 1. The van der Waals surface area contributed by atoms with Crippen molar-refractivity contribution < 1.29 is 14.0 Å². The molecule has 1 aromatic heterocycles. The zero-order valence-electron chi connectivity index (χ0n) is 12.2. The van der Waals surface area contributed by atoms with Gasteiger partial charge in [-0.2, -0.15) is 0 Å². The molecular weight excluding hydrogens is 350 g/mol. The number of carbonyl (C=O) groups excluding carboxylic acids is 2. The molecule has 1 aromatic carbocycles. The van der Waals surface area contributed by atoms with Gasteiger partial charge < -0.3 is 9.73 Å². The van der Waals surface area contributed by atoms with Crippen molar-refractivity contribution in [1.29, 1.82) is 0 Å². The van der Waals surface area contributed by atoms with Gasteiger partial charge in [0.2, 0.25) is 0 Å². The molecule has 2 rings (SSSR count). The molecule has 3 N–H and O–H groups in total. The van der Waals surface area contributed by atoms with Gasteiger partial charge in [0.1, 0.15) is 0 Å². The molecule has 0 fully saturated rings. The fourth-order valence-corrected chi connectivity index (χ4v) is 2.16. The van der Waals surface area contributed by atoms with E-state index in [1.54, 1.807) is 6.07 Å². The molecule has 116 valence electrons. The van der Waals surface area contributed by atoms with Crippen LogP contribution in [-0.2, 0) is 4.79 Å². The predicted molar refractivity (Wildman–Crippen MR) is 86.4 cm³/mol. The summed E-state index contributed by atoms with van der Waals surface area (Å²) in [4.78, 5) is 23.4. The Morgan fingerprint density at radius 2 is 1.91 bits per heavy atom. The van der Waals surface area contributed by atoms with E-state index in [1.165, 1.54) is 6.07 Å². The lowest BCUT2D eigenvalue weighted by molar-refractivity contribution is -0.120. The summed E-state index contributed by atoms with van der Waals surface area (Å²) in [5.41, 5.74) is 7.68. The first-order chi connectivity index (χ1) is 10.5. The second-order valence-electron chi connectivity index (χ2n) is 4.78. The Labute approximate surface area is 136 Å². The van der Waals surface area contributed by atoms with E-state index in [-0.39, 0.29) is 18.2 Å². The highest BCUT2D eigenvalue weighted by molar-refractivity contribution is 9.10. The Morgan fingerprint density at radius 3 is 2.55 bits per heavy atom. The summed E-state index contributed by atoms with van der Waals surface area (Å²) < 4.78 is 5.52. The zero-order chi connectivity index (χ0) is 16.1. The molecule has 0 aliphatic carbocycles. The maximum Gasteiger partial charge on any atom is 0.305 e. The van der Waals surface area contributed by atoms with E-state index in [4.69, 9.17) is 4.42 Å². The smallest absolute Gasteiger partial charge is 0.305 e. The van der Waals surface area contributed by atoms with Crippen LogP contribution < -0.4 is 16.2 Å². The minimum atomic E-state index is -0.523. The van der Waals surface area contributed by atoms with Gasteiger partial charge in [0.25, 0.3) is 5.91 Å². The van der Waals surface area contributed by atoms with Crippen LogP contribution in [0.2, 0.25) is 0 Å². The van der Waals surface area contributed by atoms with Crippen LogP contribution in [0.5, 0.6) is 0 Å². The third kappa shape index (κ3) is 4.36. The van der Waals surface area contributed by atoms with Crippen LogP contribution in [0.15, 0.2) is 39.4 Å². The molecule has 2 amide bonds. The van der Waals surface area contributed by atoms with E-state index in [0.717, 1.165) is 16.8 Å². The molecule has 6 nitrogen and oxygen atoms in total. The van der Waals surface area contributed by atoms with E-state index in [1.807, 2.05) is 32.0 Å². The van der Waals surface area contributed by atoms with Crippen molar-refractivity contribution in [3.8, 4) is 0 Å². The molecule has 0 aliphatic heterocycles. The summed E-state index contributed by atoms with van der Waals surface area (Å²) in [7, 11) is 0. The third-order valence-corrected chi connectivity index (χ3v) is 3.36. The normalized spacial score (nSPS) is 10.1. The number of anilines is 1. The van der Waals surface area contributed by atoms with E-state index in [9.17, 15) is 9.59 Å². The summed E-state index contributed by atoms with van der Waals surface area (Å²) in [5.74, 6) is -0.779. The largest absolute Gasteiger partial charge is 0.444 e. The number of hydrogen-bond acceptors (Lipinski definition) is 4. The first-order valence-corrected chi connectivity index (χ1v) is 7.40. The minimum absolute atomic E-state index is 0.0476. The quantitative estimate of drug-likeness (QED) is 0.727.